The van der Waals surface area contributed by atoms with Crippen molar-refractivity contribution in [3.05, 3.63) is 24.3 Å². The first-order valence-corrected chi connectivity index (χ1v) is 8.52. The van der Waals surface area contributed by atoms with Crippen molar-refractivity contribution in [2.24, 2.45) is 0 Å². The van der Waals surface area contributed by atoms with E-state index in [1.54, 1.807) is 0 Å². The van der Waals surface area contributed by atoms with Crippen LogP contribution in [-0.4, -0.2) is 24.7 Å². The first-order chi connectivity index (χ1) is 10.6. The third-order valence-electron chi connectivity index (χ3n) is 4.66. The van der Waals surface area contributed by atoms with Crippen molar-refractivity contribution in [2.75, 3.05) is 23.8 Å². The molecule has 1 aromatic carbocycles. The molecule has 4 heteroatoms. The highest BCUT2D eigenvalue weighted by Crippen LogP contribution is 2.33. The molecule has 0 aromatic heterocycles. The summed E-state index contributed by atoms with van der Waals surface area (Å²) < 4.78 is 11.9. The molecule has 2 heterocycles. The van der Waals surface area contributed by atoms with Crippen LogP contribution in [0.4, 0.5) is 11.4 Å². The third-order valence-corrected chi connectivity index (χ3v) is 4.66. The standard InChI is InChI=1S/C18H28N2O2/c1-17(11-5-7-13-21-17)19-15-9-3-4-10-16(15)20-18(2)12-6-8-14-22-18/h3-4,9-10,19-20H,5-8,11-14H2,1-2H3. The highest BCUT2D eigenvalue weighted by molar-refractivity contribution is 5.69. The lowest BCUT2D eigenvalue weighted by atomic mass is 10.0. The first kappa shape index (κ1) is 15.6. The van der Waals surface area contributed by atoms with Crippen LogP contribution in [0.1, 0.15) is 52.4 Å². The first-order valence-electron chi connectivity index (χ1n) is 8.52. The van der Waals surface area contributed by atoms with Gasteiger partial charge in [-0.05, 0) is 64.5 Å². The quantitative estimate of drug-likeness (QED) is 0.868. The van der Waals surface area contributed by atoms with E-state index in [0.29, 0.717) is 0 Å². The van der Waals surface area contributed by atoms with Gasteiger partial charge in [-0.3, -0.25) is 0 Å². The predicted octanol–water partition coefficient (Wildman–Crippen LogP) is 4.34. The maximum atomic E-state index is 5.97. The van der Waals surface area contributed by atoms with Crippen LogP contribution < -0.4 is 10.6 Å². The van der Waals surface area contributed by atoms with E-state index in [0.717, 1.165) is 50.3 Å². The van der Waals surface area contributed by atoms with Gasteiger partial charge in [-0.1, -0.05) is 12.1 Å². The average molecular weight is 304 g/mol. The number of rotatable bonds is 4. The van der Waals surface area contributed by atoms with E-state index in [9.17, 15) is 0 Å². The molecular formula is C18H28N2O2. The smallest absolute Gasteiger partial charge is 0.135 e. The van der Waals surface area contributed by atoms with Crippen LogP contribution in [0, 0.1) is 0 Å². The number of benzene rings is 1. The molecule has 2 fully saturated rings. The van der Waals surface area contributed by atoms with Crippen molar-refractivity contribution in [1.29, 1.82) is 0 Å². The normalized spacial score (nSPS) is 32.5. The molecule has 0 amide bonds. The van der Waals surface area contributed by atoms with Crippen LogP contribution in [0.15, 0.2) is 24.3 Å². The van der Waals surface area contributed by atoms with Crippen molar-refractivity contribution >= 4 is 11.4 Å². The maximum absolute atomic E-state index is 5.97. The van der Waals surface area contributed by atoms with Crippen LogP contribution in [0.2, 0.25) is 0 Å². The van der Waals surface area contributed by atoms with E-state index in [2.05, 4.69) is 48.7 Å². The van der Waals surface area contributed by atoms with Gasteiger partial charge in [0.2, 0.25) is 0 Å². The van der Waals surface area contributed by atoms with E-state index < -0.39 is 0 Å². The Morgan fingerprint density at radius 3 is 1.59 bits per heavy atom. The summed E-state index contributed by atoms with van der Waals surface area (Å²) in [6.07, 6.45) is 6.80. The minimum atomic E-state index is -0.273. The van der Waals surface area contributed by atoms with Crippen LogP contribution in [0.5, 0.6) is 0 Å². The molecular weight excluding hydrogens is 276 g/mol. The lowest BCUT2D eigenvalue weighted by Gasteiger charge is -2.38. The van der Waals surface area contributed by atoms with Gasteiger partial charge < -0.3 is 20.1 Å². The molecule has 0 spiro atoms. The summed E-state index contributed by atoms with van der Waals surface area (Å²) in [6, 6.07) is 8.34. The van der Waals surface area contributed by atoms with E-state index in [1.807, 2.05) is 0 Å². The Balaban J connectivity index is 1.74. The van der Waals surface area contributed by atoms with Gasteiger partial charge in [0.25, 0.3) is 0 Å². The second kappa shape index (κ2) is 6.47. The van der Waals surface area contributed by atoms with Gasteiger partial charge in [-0.2, -0.15) is 0 Å². The summed E-state index contributed by atoms with van der Waals surface area (Å²) in [7, 11) is 0. The molecule has 2 atom stereocenters. The second-order valence-electron chi connectivity index (χ2n) is 6.87. The van der Waals surface area contributed by atoms with Crippen molar-refractivity contribution in [2.45, 2.75) is 63.8 Å². The zero-order valence-electron chi connectivity index (χ0n) is 13.8. The monoisotopic (exact) mass is 304 g/mol. The Labute approximate surface area is 133 Å². The van der Waals surface area contributed by atoms with Crippen LogP contribution in [0.3, 0.4) is 0 Å². The van der Waals surface area contributed by atoms with Gasteiger partial charge in [0, 0.05) is 13.2 Å². The van der Waals surface area contributed by atoms with Crippen LogP contribution >= 0.6 is 0 Å². The van der Waals surface area contributed by atoms with Gasteiger partial charge in [0.1, 0.15) is 11.4 Å². The minimum Gasteiger partial charge on any atom is -0.356 e. The lowest BCUT2D eigenvalue weighted by molar-refractivity contribution is -0.0459. The Bertz CT molecular complexity index is 447. The molecule has 122 valence electrons. The van der Waals surface area contributed by atoms with Gasteiger partial charge in [-0.15, -0.1) is 0 Å². The zero-order chi connectivity index (χ0) is 15.5. The fourth-order valence-electron chi connectivity index (χ4n) is 3.34. The van der Waals surface area contributed by atoms with E-state index >= 15 is 0 Å². The SMILES string of the molecule is CC1(Nc2ccccc2NC2(C)CCCCO2)CCCCO1. The molecule has 3 rings (SSSR count). The molecule has 0 bridgehead atoms. The Hall–Kier alpha value is -1.26. The van der Waals surface area contributed by atoms with E-state index in [4.69, 9.17) is 9.47 Å². The summed E-state index contributed by atoms with van der Waals surface area (Å²) in [5, 5.41) is 7.18. The van der Waals surface area contributed by atoms with Gasteiger partial charge in [0.05, 0.1) is 11.4 Å². The number of ether oxygens (including phenoxy) is 2. The Morgan fingerprint density at radius 1 is 0.773 bits per heavy atom. The zero-order valence-corrected chi connectivity index (χ0v) is 13.8. The van der Waals surface area contributed by atoms with Crippen molar-refractivity contribution in [3.63, 3.8) is 0 Å². The van der Waals surface area contributed by atoms with Crippen molar-refractivity contribution in [1.82, 2.24) is 0 Å². The van der Waals surface area contributed by atoms with Gasteiger partial charge >= 0.3 is 0 Å². The average Bonchev–Trinajstić information content (AvgIpc) is 2.50. The molecule has 1 aromatic rings. The number of nitrogens with one attached hydrogen (secondary N) is 2. The molecule has 0 saturated carbocycles. The fourth-order valence-corrected chi connectivity index (χ4v) is 3.34. The summed E-state index contributed by atoms with van der Waals surface area (Å²) >= 11 is 0. The summed E-state index contributed by atoms with van der Waals surface area (Å²) in [5.41, 5.74) is 1.62. The van der Waals surface area contributed by atoms with Gasteiger partial charge in [0.15, 0.2) is 0 Å². The van der Waals surface area contributed by atoms with Crippen molar-refractivity contribution in [3.8, 4) is 0 Å². The maximum Gasteiger partial charge on any atom is 0.135 e. The van der Waals surface area contributed by atoms with Crippen molar-refractivity contribution < 1.29 is 9.47 Å². The molecule has 2 saturated heterocycles. The number of para-hydroxylation sites is 2. The summed E-state index contributed by atoms with van der Waals surface area (Å²) in [5.74, 6) is 0. The Kier molecular flexibility index (Phi) is 4.59. The predicted molar refractivity (Wildman–Crippen MR) is 90.1 cm³/mol. The molecule has 0 aliphatic carbocycles. The van der Waals surface area contributed by atoms with E-state index in [1.165, 1.54) is 12.8 Å². The summed E-state index contributed by atoms with van der Waals surface area (Å²) in [4.78, 5) is 0. The number of hydrogen-bond acceptors (Lipinski definition) is 4. The molecule has 2 aliphatic heterocycles. The molecule has 2 unspecified atom stereocenters. The molecule has 4 nitrogen and oxygen atoms in total. The molecule has 2 aliphatic rings. The van der Waals surface area contributed by atoms with Crippen LogP contribution in [0.25, 0.3) is 0 Å². The molecule has 22 heavy (non-hydrogen) atoms. The fraction of sp³-hybridized carbons (Fsp3) is 0.667. The highest BCUT2D eigenvalue weighted by atomic mass is 16.5. The molecule has 2 N–H and O–H groups in total. The van der Waals surface area contributed by atoms with Crippen LogP contribution in [-0.2, 0) is 9.47 Å². The molecule has 0 radical (unpaired) electrons. The number of anilines is 2. The lowest BCUT2D eigenvalue weighted by Crippen LogP contribution is -2.43. The van der Waals surface area contributed by atoms with Gasteiger partial charge in [-0.25, -0.2) is 0 Å². The third kappa shape index (κ3) is 3.73. The highest BCUT2D eigenvalue weighted by Gasteiger charge is 2.31. The van der Waals surface area contributed by atoms with E-state index in [-0.39, 0.29) is 11.4 Å². The Morgan fingerprint density at radius 2 is 1.23 bits per heavy atom. The second-order valence-corrected chi connectivity index (χ2v) is 6.87. The topological polar surface area (TPSA) is 42.5 Å². The summed E-state index contributed by atoms with van der Waals surface area (Å²) in [6.45, 7) is 5.95. The largest absolute Gasteiger partial charge is 0.356 e. The number of hydrogen-bond donors (Lipinski definition) is 2. The minimum absolute atomic E-state index is 0.273.